The van der Waals surface area contributed by atoms with Crippen LogP contribution in [-0.4, -0.2) is 24.0 Å². The Morgan fingerprint density at radius 2 is 1.88 bits per heavy atom. The summed E-state index contributed by atoms with van der Waals surface area (Å²) >= 11 is 11.8. The molecule has 126 valence electrons. The predicted molar refractivity (Wildman–Crippen MR) is 94.7 cm³/mol. The van der Waals surface area contributed by atoms with Crippen LogP contribution in [0.3, 0.4) is 0 Å². The second-order valence-corrected chi connectivity index (χ2v) is 6.42. The number of pyridine rings is 1. The van der Waals surface area contributed by atoms with Crippen molar-refractivity contribution >= 4 is 40.5 Å². The lowest BCUT2D eigenvalue weighted by Gasteiger charge is -2.30. The van der Waals surface area contributed by atoms with Crippen LogP contribution in [0.15, 0.2) is 30.3 Å². The van der Waals surface area contributed by atoms with E-state index in [1.165, 1.54) is 30.7 Å². The quantitative estimate of drug-likeness (QED) is 0.794. The van der Waals surface area contributed by atoms with Crippen molar-refractivity contribution in [3.8, 4) is 0 Å². The molecule has 1 aliphatic heterocycles. The van der Waals surface area contributed by atoms with E-state index in [1.807, 2.05) is 0 Å². The Kier molecular flexibility index (Phi) is 5.21. The molecular formula is C17H16Cl2FN3O. The number of benzene rings is 1. The summed E-state index contributed by atoms with van der Waals surface area (Å²) in [5.41, 5.74) is 1.21. The molecule has 1 fully saturated rings. The molecule has 0 unspecified atom stereocenters. The van der Waals surface area contributed by atoms with Crippen LogP contribution >= 0.6 is 23.2 Å². The molecule has 0 saturated carbocycles. The molecule has 4 nitrogen and oxygen atoms in total. The van der Waals surface area contributed by atoms with Crippen LogP contribution in [0.25, 0.3) is 0 Å². The van der Waals surface area contributed by atoms with Crippen molar-refractivity contribution in [3.63, 3.8) is 0 Å². The Labute approximate surface area is 149 Å². The Morgan fingerprint density at radius 3 is 2.62 bits per heavy atom. The van der Waals surface area contributed by atoms with Gasteiger partial charge in [-0.2, -0.15) is 0 Å². The highest BCUT2D eigenvalue weighted by molar-refractivity contribution is 6.35. The Hall–Kier alpha value is -1.85. The number of hydrogen-bond acceptors (Lipinski definition) is 3. The van der Waals surface area contributed by atoms with Gasteiger partial charge in [-0.05, 0) is 49.6 Å². The summed E-state index contributed by atoms with van der Waals surface area (Å²) in [7, 11) is 0. The van der Waals surface area contributed by atoms with E-state index in [2.05, 4.69) is 15.2 Å². The van der Waals surface area contributed by atoms with Crippen LogP contribution < -0.4 is 10.2 Å². The summed E-state index contributed by atoms with van der Waals surface area (Å²) < 4.78 is 13.7. The fourth-order valence-electron chi connectivity index (χ4n) is 2.78. The highest BCUT2D eigenvalue weighted by Gasteiger charge is 2.19. The number of hydrogen-bond donors (Lipinski definition) is 1. The molecule has 0 bridgehead atoms. The highest BCUT2D eigenvalue weighted by Crippen LogP contribution is 2.30. The summed E-state index contributed by atoms with van der Waals surface area (Å²) in [5.74, 6) is -0.942. The zero-order chi connectivity index (χ0) is 17.1. The fourth-order valence-corrected chi connectivity index (χ4v) is 3.12. The number of nitrogens with one attached hydrogen (secondary N) is 1. The lowest BCUT2D eigenvalue weighted by molar-refractivity contribution is 0.102. The monoisotopic (exact) mass is 367 g/mol. The van der Waals surface area contributed by atoms with Crippen LogP contribution in [0.1, 0.15) is 29.8 Å². The minimum Gasteiger partial charge on any atom is -0.370 e. The zero-order valence-electron chi connectivity index (χ0n) is 12.9. The molecule has 2 heterocycles. The molecule has 24 heavy (non-hydrogen) atoms. The molecule has 7 heteroatoms. The van der Waals surface area contributed by atoms with Crippen molar-refractivity contribution in [2.75, 3.05) is 23.3 Å². The van der Waals surface area contributed by atoms with Gasteiger partial charge in [-0.15, -0.1) is 0 Å². The first-order chi connectivity index (χ1) is 11.5. The van der Waals surface area contributed by atoms with Gasteiger partial charge in [0.1, 0.15) is 16.7 Å². The summed E-state index contributed by atoms with van der Waals surface area (Å²) in [6.07, 6.45) is 3.33. The first-order valence-corrected chi connectivity index (χ1v) is 8.48. The first-order valence-electron chi connectivity index (χ1n) is 7.72. The van der Waals surface area contributed by atoms with Gasteiger partial charge in [-0.1, -0.05) is 23.2 Å². The molecule has 1 amide bonds. The lowest BCUT2D eigenvalue weighted by atomic mass is 10.1. The van der Waals surface area contributed by atoms with E-state index in [0.717, 1.165) is 31.6 Å². The van der Waals surface area contributed by atoms with E-state index in [9.17, 15) is 9.18 Å². The lowest BCUT2D eigenvalue weighted by Crippen LogP contribution is -2.30. The van der Waals surface area contributed by atoms with E-state index in [4.69, 9.17) is 23.2 Å². The van der Waals surface area contributed by atoms with Crippen molar-refractivity contribution in [1.82, 2.24) is 4.98 Å². The van der Waals surface area contributed by atoms with Gasteiger partial charge in [0.25, 0.3) is 5.91 Å². The van der Waals surface area contributed by atoms with Crippen molar-refractivity contribution in [2.24, 2.45) is 0 Å². The van der Waals surface area contributed by atoms with Crippen molar-refractivity contribution < 1.29 is 9.18 Å². The summed E-state index contributed by atoms with van der Waals surface area (Å²) in [4.78, 5) is 18.6. The van der Waals surface area contributed by atoms with E-state index in [1.54, 1.807) is 6.07 Å². The van der Waals surface area contributed by atoms with Gasteiger partial charge in [0.15, 0.2) is 0 Å². The van der Waals surface area contributed by atoms with E-state index < -0.39 is 11.7 Å². The molecule has 1 N–H and O–H groups in total. The topological polar surface area (TPSA) is 45.2 Å². The largest absolute Gasteiger partial charge is 0.370 e. The molecule has 1 aromatic carbocycles. The number of piperidine rings is 1. The van der Waals surface area contributed by atoms with Crippen molar-refractivity contribution in [3.05, 3.63) is 52.0 Å². The SMILES string of the molecule is O=C(Nc1cc(F)ccc1N1CCCCC1)c1nc(Cl)ccc1Cl. The maximum absolute atomic E-state index is 13.7. The number of halogens is 3. The van der Waals surface area contributed by atoms with Crippen LogP contribution in [0.2, 0.25) is 10.2 Å². The second-order valence-electron chi connectivity index (χ2n) is 5.63. The maximum atomic E-state index is 13.7. The molecule has 0 aliphatic carbocycles. The molecule has 2 aromatic rings. The fraction of sp³-hybridized carbons (Fsp3) is 0.294. The third kappa shape index (κ3) is 3.79. The van der Waals surface area contributed by atoms with Crippen molar-refractivity contribution in [2.45, 2.75) is 19.3 Å². The van der Waals surface area contributed by atoms with Gasteiger partial charge in [0.2, 0.25) is 0 Å². The number of amides is 1. The molecule has 0 spiro atoms. The van der Waals surface area contributed by atoms with Gasteiger partial charge in [-0.25, -0.2) is 9.37 Å². The maximum Gasteiger partial charge on any atom is 0.275 e. The summed E-state index contributed by atoms with van der Waals surface area (Å²) in [5, 5.41) is 3.06. The minimum atomic E-state index is -0.522. The normalized spacial score (nSPS) is 14.5. The molecule has 1 saturated heterocycles. The number of carbonyl (C=O) groups is 1. The van der Waals surface area contributed by atoms with Crippen LogP contribution in [0.4, 0.5) is 15.8 Å². The average molecular weight is 368 g/mol. The smallest absolute Gasteiger partial charge is 0.275 e. The molecule has 3 rings (SSSR count). The number of carbonyl (C=O) groups excluding carboxylic acids is 1. The molecule has 1 aromatic heterocycles. The van der Waals surface area contributed by atoms with Gasteiger partial charge >= 0.3 is 0 Å². The van der Waals surface area contributed by atoms with E-state index >= 15 is 0 Å². The van der Waals surface area contributed by atoms with E-state index in [0.29, 0.717) is 5.69 Å². The number of anilines is 2. The number of rotatable bonds is 3. The molecular weight excluding hydrogens is 352 g/mol. The van der Waals surface area contributed by atoms with Crippen LogP contribution in [0.5, 0.6) is 0 Å². The van der Waals surface area contributed by atoms with Gasteiger partial charge < -0.3 is 10.2 Å². The van der Waals surface area contributed by atoms with Crippen LogP contribution in [-0.2, 0) is 0 Å². The zero-order valence-corrected chi connectivity index (χ0v) is 14.4. The summed E-state index contributed by atoms with van der Waals surface area (Å²) in [6, 6.07) is 7.39. The molecule has 0 radical (unpaired) electrons. The number of aromatic nitrogens is 1. The minimum absolute atomic E-state index is 0.0121. The predicted octanol–water partition coefficient (Wildman–Crippen LogP) is 4.77. The first kappa shape index (κ1) is 17.0. The Bertz CT molecular complexity index is 763. The van der Waals surface area contributed by atoms with Gasteiger partial charge in [0.05, 0.1) is 16.4 Å². The molecule has 0 atom stereocenters. The van der Waals surface area contributed by atoms with E-state index in [-0.39, 0.29) is 15.9 Å². The Balaban J connectivity index is 1.89. The third-order valence-electron chi connectivity index (χ3n) is 3.93. The average Bonchev–Trinajstić information content (AvgIpc) is 2.58. The van der Waals surface area contributed by atoms with Gasteiger partial charge in [0, 0.05) is 13.1 Å². The third-order valence-corrected chi connectivity index (χ3v) is 4.45. The number of nitrogens with zero attached hydrogens (tertiary/aromatic N) is 2. The Morgan fingerprint density at radius 1 is 1.12 bits per heavy atom. The van der Waals surface area contributed by atoms with Crippen LogP contribution in [0, 0.1) is 5.82 Å². The van der Waals surface area contributed by atoms with Crippen molar-refractivity contribution in [1.29, 1.82) is 0 Å². The summed E-state index contributed by atoms with van der Waals surface area (Å²) in [6.45, 7) is 1.76. The van der Waals surface area contributed by atoms with Gasteiger partial charge in [-0.3, -0.25) is 4.79 Å². The second kappa shape index (κ2) is 7.36. The standard InChI is InChI=1S/C17H16Cl2FN3O/c18-12-5-7-15(19)22-16(12)17(24)21-13-10-11(20)4-6-14(13)23-8-2-1-3-9-23/h4-7,10H,1-3,8-9H2,(H,21,24). The molecule has 1 aliphatic rings. The highest BCUT2D eigenvalue weighted by atomic mass is 35.5.